The fourth-order valence-corrected chi connectivity index (χ4v) is 2.76. The molecule has 0 amide bonds. The third kappa shape index (κ3) is 3.39. The van der Waals surface area contributed by atoms with Crippen LogP contribution in [0.25, 0.3) is 0 Å². The Morgan fingerprint density at radius 3 is 2.67 bits per heavy atom. The summed E-state index contributed by atoms with van der Waals surface area (Å²) in [4.78, 5) is 0. The minimum atomic E-state index is -0.491. The van der Waals surface area contributed by atoms with E-state index in [1.807, 2.05) is 12.1 Å². The van der Waals surface area contributed by atoms with Crippen molar-refractivity contribution in [3.05, 3.63) is 29.8 Å². The van der Waals surface area contributed by atoms with Gasteiger partial charge in [-0.25, -0.2) is 0 Å². The summed E-state index contributed by atoms with van der Waals surface area (Å²) in [6, 6.07) is 11.3. The fraction of sp³-hybridized carbons (Fsp3) is 0.611. The van der Waals surface area contributed by atoms with Crippen LogP contribution in [-0.2, 0) is 0 Å². The first-order valence-corrected chi connectivity index (χ1v) is 8.05. The quantitative estimate of drug-likeness (QED) is 0.832. The van der Waals surface area contributed by atoms with Gasteiger partial charge in [0.25, 0.3) is 0 Å². The van der Waals surface area contributed by atoms with Gasteiger partial charge in [0.2, 0.25) is 0 Å². The summed E-state index contributed by atoms with van der Waals surface area (Å²) in [5, 5.41) is 13.2. The van der Waals surface area contributed by atoms with Crippen LogP contribution in [-0.4, -0.2) is 18.2 Å². The molecule has 112 valence electrons. The highest BCUT2D eigenvalue weighted by Gasteiger charge is 2.49. The Morgan fingerprint density at radius 2 is 2.10 bits per heavy atom. The Bertz CT molecular complexity index is 540. The zero-order chi connectivity index (χ0) is 14.9. The molecule has 0 aromatic heterocycles. The first kappa shape index (κ1) is 14.4. The standard InChI is InChI=1S/C18H24N2O/c1-13(2)14-4-3-5-17(10-14)21-12-18(11-19,15-6-7-15)20-16-8-9-16/h3-5,10,13,15-16,20H,6-9,12H2,1-2H3. The van der Waals surface area contributed by atoms with Gasteiger partial charge in [0, 0.05) is 6.04 Å². The van der Waals surface area contributed by atoms with E-state index in [-0.39, 0.29) is 0 Å². The molecule has 1 atom stereocenters. The molecular formula is C18H24N2O. The first-order chi connectivity index (χ1) is 10.1. The summed E-state index contributed by atoms with van der Waals surface area (Å²) in [5.74, 6) is 1.82. The molecular weight excluding hydrogens is 260 g/mol. The van der Waals surface area contributed by atoms with E-state index in [4.69, 9.17) is 4.74 Å². The molecule has 2 saturated carbocycles. The van der Waals surface area contributed by atoms with Crippen LogP contribution < -0.4 is 10.1 Å². The van der Waals surface area contributed by atoms with E-state index < -0.39 is 5.54 Å². The van der Waals surface area contributed by atoms with Crippen LogP contribution in [0, 0.1) is 17.2 Å². The predicted octanol–water partition coefficient (Wildman–Crippen LogP) is 3.61. The number of hydrogen-bond donors (Lipinski definition) is 1. The van der Waals surface area contributed by atoms with Crippen LogP contribution in [0.15, 0.2) is 24.3 Å². The minimum Gasteiger partial charge on any atom is -0.491 e. The van der Waals surface area contributed by atoms with E-state index in [9.17, 15) is 5.26 Å². The van der Waals surface area contributed by atoms with Crippen LogP contribution in [0.1, 0.15) is 51.0 Å². The fourth-order valence-electron chi connectivity index (χ4n) is 2.76. The number of nitrogens with zero attached hydrogens (tertiary/aromatic N) is 1. The zero-order valence-corrected chi connectivity index (χ0v) is 12.9. The molecule has 1 unspecified atom stereocenters. The lowest BCUT2D eigenvalue weighted by Gasteiger charge is -2.28. The lowest BCUT2D eigenvalue weighted by Crippen LogP contribution is -2.52. The highest BCUT2D eigenvalue weighted by molar-refractivity contribution is 5.31. The average molecular weight is 284 g/mol. The maximum atomic E-state index is 9.69. The number of ether oxygens (including phenoxy) is 1. The van der Waals surface area contributed by atoms with Crippen molar-refractivity contribution < 1.29 is 4.74 Å². The monoisotopic (exact) mass is 284 g/mol. The predicted molar refractivity (Wildman–Crippen MR) is 83.3 cm³/mol. The average Bonchev–Trinajstić information content (AvgIpc) is 3.37. The van der Waals surface area contributed by atoms with Crippen LogP contribution in [0.4, 0.5) is 0 Å². The second kappa shape index (κ2) is 5.69. The summed E-state index contributed by atoms with van der Waals surface area (Å²) >= 11 is 0. The van der Waals surface area contributed by atoms with Crippen molar-refractivity contribution in [1.29, 1.82) is 5.26 Å². The van der Waals surface area contributed by atoms with E-state index in [1.54, 1.807) is 0 Å². The van der Waals surface area contributed by atoms with Crippen LogP contribution in [0.2, 0.25) is 0 Å². The first-order valence-electron chi connectivity index (χ1n) is 8.05. The highest BCUT2D eigenvalue weighted by atomic mass is 16.5. The van der Waals surface area contributed by atoms with Gasteiger partial charge in [-0.3, -0.25) is 5.32 Å². The lowest BCUT2D eigenvalue weighted by molar-refractivity contribution is 0.200. The van der Waals surface area contributed by atoms with Crippen molar-refractivity contribution in [3.63, 3.8) is 0 Å². The lowest BCUT2D eigenvalue weighted by atomic mass is 9.96. The molecule has 0 spiro atoms. The van der Waals surface area contributed by atoms with Crippen LogP contribution >= 0.6 is 0 Å². The van der Waals surface area contributed by atoms with Crippen molar-refractivity contribution in [2.45, 2.75) is 57.0 Å². The molecule has 0 bridgehead atoms. The topological polar surface area (TPSA) is 45.0 Å². The molecule has 3 nitrogen and oxygen atoms in total. The van der Waals surface area contributed by atoms with Gasteiger partial charge in [-0.15, -0.1) is 0 Å². The molecule has 1 aromatic carbocycles. The van der Waals surface area contributed by atoms with Crippen molar-refractivity contribution in [2.75, 3.05) is 6.61 Å². The van der Waals surface area contributed by atoms with Crippen molar-refractivity contribution in [2.24, 2.45) is 5.92 Å². The number of hydrogen-bond acceptors (Lipinski definition) is 3. The van der Waals surface area contributed by atoms with Gasteiger partial charge < -0.3 is 4.74 Å². The minimum absolute atomic E-state index is 0.451. The molecule has 2 fully saturated rings. The molecule has 0 aliphatic heterocycles. The SMILES string of the molecule is CC(C)c1cccc(OCC(C#N)(NC2CC2)C2CC2)c1. The van der Waals surface area contributed by atoms with Gasteiger partial charge >= 0.3 is 0 Å². The molecule has 0 radical (unpaired) electrons. The molecule has 21 heavy (non-hydrogen) atoms. The summed E-state index contributed by atoms with van der Waals surface area (Å²) in [6.45, 7) is 4.81. The van der Waals surface area contributed by atoms with E-state index >= 15 is 0 Å². The van der Waals surface area contributed by atoms with Crippen molar-refractivity contribution in [1.82, 2.24) is 5.32 Å². The third-order valence-electron chi connectivity index (χ3n) is 4.50. The molecule has 3 heteroatoms. The van der Waals surface area contributed by atoms with E-state index in [0.29, 0.717) is 24.5 Å². The highest BCUT2D eigenvalue weighted by Crippen LogP contribution is 2.41. The summed E-state index contributed by atoms with van der Waals surface area (Å²) in [7, 11) is 0. The van der Waals surface area contributed by atoms with E-state index in [1.165, 1.54) is 18.4 Å². The normalized spacial score (nSPS) is 20.9. The van der Waals surface area contributed by atoms with Gasteiger partial charge in [0.05, 0.1) is 6.07 Å². The van der Waals surface area contributed by atoms with Crippen LogP contribution in [0.5, 0.6) is 5.75 Å². The maximum Gasteiger partial charge on any atom is 0.144 e. The Balaban J connectivity index is 1.69. The van der Waals surface area contributed by atoms with Gasteiger partial charge in [-0.05, 0) is 55.2 Å². The van der Waals surface area contributed by atoms with Crippen molar-refractivity contribution >= 4 is 0 Å². The number of benzene rings is 1. The largest absolute Gasteiger partial charge is 0.491 e. The van der Waals surface area contributed by atoms with E-state index in [2.05, 4.69) is 37.4 Å². The molecule has 0 heterocycles. The molecule has 3 rings (SSSR count). The van der Waals surface area contributed by atoms with Crippen molar-refractivity contribution in [3.8, 4) is 11.8 Å². The molecule has 2 aliphatic carbocycles. The second-order valence-electron chi connectivity index (χ2n) is 6.79. The third-order valence-corrected chi connectivity index (χ3v) is 4.50. The van der Waals surface area contributed by atoms with Gasteiger partial charge in [-0.2, -0.15) is 5.26 Å². The Hall–Kier alpha value is -1.53. The summed E-state index contributed by atoms with van der Waals surface area (Å²) < 4.78 is 6.00. The number of nitriles is 1. The Kier molecular flexibility index (Phi) is 3.91. The Morgan fingerprint density at radius 1 is 1.33 bits per heavy atom. The second-order valence-corrected chi connectivity index (χ2v) is 6.79. The van der Waals surface area contributed by atoms with Gasteiger partial charge in [0.15, 0.2) is 0 Å². The van der Waals surface area contributed by atoms with E-state index in [0.717, 1.165) is 18.6 Å². The van der Waals surface area contributed by atoms with Gasteiger partial charge in [-0.1, -0.05) is 26.0 Å². The van der Waals surface area contributed by atoms with Crippen LogP contribution in [0.3, 0.4) is 0 Å². The maximum absolute atomic E-state index is 9.69. The summed E-state index contributed by atoms with van der Waals surface area (Å²) in [6.07, 6.45) is 4.67. The number of rotatable bonds is 7. The summed E-state index contributed by atoms with van der Waals surface area (Å²) in [5.41, 5.74) is 0.784. The Labute approximate surface area is 127 Å². The zero-order valence-electron chi connectivity index (χ0n) is 12.9. The molecule has 1 aromatic rings. The molecule has 1 N–H and O–H groups in total. The van der Waals surface area contributed by atoms with Gasteiger partial charge in [0.1, 0.15) is 17.9 Å². The molecule has 0 saturated heterocycles. The molecule has 2 aliphatic rings. The number of nitrogens with one attached hydrogen (secondary N) is 1. The smallest absolute Gasteiger partial charge is 0.144 e.